The number of Topliss-reactive ketones (excluding diaryl/α,β-unsaturated/α-hetero) is 1. The Labute approximate surface area is 245 Å². The van der Waals surface area contributed by atoms with Crippen molar-refractivity contribution in [3.05, 3.63) is 75.1 Å². The molecule has 4 rings (SSSR count). The third-order valence-corrected chi connectivity index (χ3v) is 7.97. The summed E-state index contributed by atoms with van der Waals surface area (Å²) in [5.41, 5.74) is -0.440. The lowest BCUT2D eigenvalue weighted by Crippen LogP contribution is -2.49. The third-order valence-electron chi connectivity index (χ3n) is 6.89. The third kappa shape index (κ3) is 7.69. The quantitative estimate of drug-likeness (QED) is 0.245. The molecule has 0 spiro atoms. The van der Waals surface area contributed by atoms with Crippen molar-refractivity contribution in [3.63, 3.8) is 0 Å². The fourth-order valence-electron chi connectivity index (χ4n) is 4.67. The number of halogens is 4. The van der Waals surface area contributed by atoms with Crippen LogP contribution in [0.3, 0.4) is 0 Å². The van der Waals surface area contributed by atoms with Gasteiger partial charge in [-0.3, -0.25) is 14.4 Å². The zero-order valence-electron chi connectivity index (χ0n) is 23.3. The molecule has 0 atom stereocenters. The van der Waals surface area contributed by atoms with Crippen LogP contribution in [-0.2, 0) is 35.2 Å². The first-order chi connectivity index (χ1) is 20.0. The number of anilines is 1. The number of alkyl halides is 3. The molecular formula is C29H31F4N5O3S. The van der Waals surface area contributed by atoms with Gasteiger partial charge in [-0.1, -0.05) is 31.2 Å². The SMILES string of the molecule is CCCN(Cc1nc(C(F)(F)F)c(C(=O)Cc2ccc(N3CCN(C(=O)Cc4ccccc4F)CC3)nc2)s1)C(C)=O. The van der Waals surface area contributed by atoms with E-state index in [-0.39, 0.29) is 36.2 Å². The molecule has 2 amide bonds. The largest absolute Gasteiger partial charge is 0.434 e. The Balaban J connectivity index is 1.37. The molecule has 1 aliphatic heterocycles. The van der Waals surface area contributed by atoms with Gasteiger partial charge in [0.1, 0.15) is 21.5 Å². The van der Waals surface area contributed by atoms with E-state index in [1.54, 1.807) is 35.2 Å². The number of pyridine rings is 1. The van der Waals surface area contributed by atoms with Crippen LogP contribution in [0.5, 0.6) is 0 Å². The normalized spacial score (nSPS) is 13.8. The topological polar surface area (TPSA) is 86.7 Å². The summed E-state index contributed by atoms with van der Waals surface area (Å²) >= 11 is 0.659. The van der Waals surface area contributed by atoms with E-state index in [0.29, 0.717) is 67.4 Å². The molecule has 13 heteroatoms. The highest BCUT2D eigenvalue weighted by Gasteiger charge is 2.39. The lowest BCUT2D eigenvalue weighted by Gasteiger charge is -2.35. The minimum absolute atomic E-state index is 0.0152. The molecule has 0 unspecified atom stereocenters. The molecule has 224 valence electrons. The number of carbonyl (C=O) groups excluding carboxylic acids is 3. The highest BCUT2D eigenvalue weighted by Crippen LogP contribution is 2.35. The van der Waals surface area contributed by atoms with E-state index >= 15 is 0 Å². The summed E-state index contributed by atoms with van der Waals surface area (Å²) in [7, 11) is 0. The van der Waals surface area contributed by atoms with Gasteiger partial charge in [0.2, 0.25) is 11.8 Å². The number of piperazine rings is 1. The van der Waals surface area contributed by atoms with Crippen LogP contribution in [0.4, 0.5) is 23.4 Å². The molecule has 0 radical (unpaired) electrons. The van der Waals surface area contributed by atoms with Crippen molar-refractivity contribution in [3.8, 4) is 0 Å². The average molecular weight is 606 g/mol. The fraction of sp³-hybridized carbons (Fsp3) is 0.414. The van der Waals surface area contributed by atoms with Crippen LogP contribution >= 0.6 is 11.3 Å². The van der Waals surface area contributed by atoms with Gasteiger partial charge >= 0.3 is 6.18 Å². The Morgan fingerprint density at radius 1 is 1.02 bits per heavy atom. The molecular weight excluding hydrogens is 574 g/mol. The van der Waals surface area contributed by atoms with Crippen molar-refractivity contribution in [2.45, 2.75) is 45.8 Å². The molecule has 0 saturated carbocycles. The summed E-state index contributed by atoms with van der Waals surface area (Å²) in [5, 5.41) is 0.0503. The monoisotopic (exact) mass is 605 g/mol. The summed E-state index contributed by atoms with van der Waals surface area (Å²) in [6.07, 6.45) is -3.03. The zero-order valence-corrected chi connectivity index (χ0v) is 24.1. The number of nitrogens with zero attached hydrogens (tertiary/aromatic N) is 5. The van der Waals surface area contributed by atoms with Gasteiger partial charge in [-0.25, -0.2) is 14.4 Å². The maximum Gasteiger partial charge on any atom is 0.434 e. The van der Waals surface area contributed by atoms with Crippen molar-refractivity contribution in [1.82, 2.24) is 19.8 Å². The molecule has 3 aromatic rings. The van der Waals surface area contributed by atoms with E-state index in [2.05, 4.69) is 9.97 Å². The second-order valence-corrected chi connectivity index (χ2v) is 11.1. The smallest absolute Gasteiger partial charge is 0.353 e. The lowest BCUT2D eigenvalue weighted by molar-refractivity contribution is -0.141. The average Bonchev–Trinajstić information content (AvgIpc) is 3.39. The van der Waals surface area contributed by atoms with E-state index in [4.69, 9.17) is 0 Å². The Bertz CT molecular complexity index is 1420. The molecule has 1 fully saturated rings. The predicted molar refractivity (Wildman–Crippen MR) is 150 cm³/mol. The summed E-state index contributed by atoms with van der Waals surface area (Å²) < 4.78 is 55.1. The highest BCUT2D eigenvalue weighted by molar-refractivity contribution is 7.13. The van der Waals surface area contributed by atoms with E-state index in [1.165, 1.54) is 24.1 Å². The Kier molecular flexibility index (Phi) is 9.92. The molecule has 0 aliphatic carbocycles. The van der Waals surface area contributed by atoms with Crippen LogP contribution in [0.2, 0.25) is 0 Å². The van der Waals surface area contributed by atoms with Gasteiger partial charge in [0, 0.05) is 52.3 Å². The predicted octanol–water partition coefficient (Wildman–Crippen LogP) is 4.77. The van der Waals surface area contributed by atoms with Crippen LogP contribution in [0, 0.1) is 5.82 Å². The zero-order chi connectivity index (χ0) is 30.4. The molecule has 1 saturated heterocycles. The number of thiazole rings is 1. The number of benzene rings is 1. The summed E-state index contributed by atoms with van der Waals surface area (Å²) in [6.45, 7) is 5.34. The molecule has 0 N–H and O–H groups in total. The van der Waals surface area contributed by atoms with Crippen molar-refractivity contribution < 1.29 is 31.9 Å². The van der Waals surface area contributed by atoms with Crippen molar-refractivity contribution in [2.75, 3.05) is 37.6 Å². The number of hydrogen-bond acceptors (Lipinski definition) is 7. The molecule has 0 bridgehead atoms. The first-order valence-electron chi connectivity index (χ1n) is 13.5. The van der Waals surface area contributed by atoms with E-state index < -0.39 is 28.3 Å². The minimum atomic E-state index is -4.81. The van der Waals surface area contributed by atoms with Gasteiger partial charge in [0.05, 0.1) is 13.0 Å². The van der Waals surface area contributed by atoms with E-state index in [1.807, 2.05) is 11.8 Å². The number of hydrogen-bond donors (Lipinski definition) is 0. The molecule has 3 heterocycles. The van der Waals surface area contributed by atoms with Gasteiger partial charge in [-0.2, -0.15) is 13.2 Å². The van der Waals surface area contributed by atoms with Crippen LogP contribution < -0.4 is 4.90 Å². The van der Waals surface area contributed by atoms with Crippen LogP contribution in [-0.4, -0.2) is 70.1 Å². The Hall–Kier alpha value is -3.87. The van der Waals surface area contributed by atoms with Gasteiger partial charge in [-0.05, 0) is 29.7 Å². The van der Waals surface area contributed by atoms with E-state index in [9.17, 15) is 31.9 Å². The standard InChI is InChI=1S/C29H31F4N5O3S/c1-3-10-38(19(2)39)18-25-35-28(29(31,32)33)27(42-25)23(40)15-20-8-9-24(34-17-20)36-11-13-37(14-12-36)26(41)16-21-6-4-5-7-22(21)30/h4-9,17H,3,10-16,18H2,1-2H3. The Morgan fingerprint density at radius 3 is 2.33 bits per heavy atom. The van der Waals surface area contributed by atoms with Gasteiger partial charge in [-0.15, -0.1) is 11.3 Å². The number of carbonyl (C=O) groups is 3. The Morgan fingerprint density at radius 2 is 1.74 bits per heavy atom. The molecule has 1 aliphatic rings. The molecule has 2 aromatic heterocycles. The number of ketones is 1. The van der Waals surface area contributed by atoms with Gasteiger partial charge in [0.15, 0.2) is 11.5 Å². The summed E-state index contributed by atoms with van der Waals surface area (Å²) in [4.78, 5) is 50.1. The maximum atomic E-state index is 13.9. The first kappa shape index (κ1) is 31.1. The molecule has 1 aromatic carbocycles. The fourth-order valence-corrected chi connectivity index (χ4v) is 5.71. The number of aromatic nitrogens is 2. The second-order valence-electron chi connectivity index (χ2n) is 9.98. The van der Waals surface area contributed by atoms with Crippen LogP contribution in [0.1, 0.15) is 51.8 Å². The summed E-state index contributed by atoms with van der Waals surface area (Å²) in [5.74, 6) is -0.971. The molecule has 8 nitrogen and oxygen atoms in total. The van der Waals surface area contributed by atoms with Gasteiger partial charge in [0.25, 0.3) is 0 Å². The maximum absolute atomic E-state index is 13.9. The summed E-state index contributed by atoms with van der Waals surface area (Å²) in [6, 6.07) is 9.51. The van der Waals surface area contributed by atoms with Crippen molar-refractivity contribution >= 4 is 34.8 Å². The highest BCUT2D eigenvalue weighted by atomic mass is 32.1. The van der Waals surface area contributed by atoms with Crippen LogP contribution in [0.25, 0.3) is 0 Å². The van der Waals surface area contributed by atoms with Crippen molar-refractivity contribution in [2.24, 2.45) is 0 Å². The first-order valence-corrected chi connectivity index (χ1v) is 14.3. The number of rotatable bonds is 10. The lowest BCUT2D eigenvalue weighted by atomic mass is 10.1. The van der Waals surface area contributed by atoms with Crippen molar-refractivity contribution in [1.29, 1.82) is 0 Å². The second kappa shape index (κ2) is 13.4. The van der Waals surface area contributed by atoms with Gasteiger partial charge < -0.3 is 14.7 Å². The molecule has 42 heavy (non-hydrogen) atoms. The number of amides is 2. The van der Waals surface area contributed by atoms with Crippen LogP contribution in [0.15, 0.2) is 42.6 Å². The minimum Gasteiger partial charge on any atom is -0.353 e. The van der Waals surface area contributed by atoms with E-state index in [0.717, 1.165) is 0 Å².